The van der Waals surface area contributed by atoms with Crippen molar-refractivity contribution in [1.29, 1.82) is 0 Å². The van der Waals surface area contributed by atoms with Crippen LogP contribution in [-0.4, -0.2) is 49.9 Å². The molecule has 220 valence electrons. The van der Waals surface area contributed by atoms with E-state index < -0.39 is 45.8 Å². The van der Waals surface area contributed by atoms with E-state index in [0.29, 0.717) is 5.02 Å². The third-order valence-corrected chi connectivity index (χ3v) is 8.10. The number of hydrogen-bond acceptors (Lipinski definition) is 5. The van der Waals surface area contributed by atoms with Crippen molar-refractivity contribution in [3.05, 3.63) is 89.2 Å². The number of carbonyl (C=O) groups is 2. The molecule has 2 amide bonds. The number of ether oxygens (including phenoxy) is 1. The summed E-state index contributed by atoms with van der Waals surface area (Å²) in [6, 6.07) is 16.9. The SMILES string of the molecule is CCOc1ccccc1N(CC(=O)N(Cc1ccccc1F)[C@@H](C)C(=O)NC(C)(C)C)S(=O)(=O)c1ccc(Cl)cc1. The number of para-hydroxylation sites is 2. The summed E-state index contributed by atoms with van der Waals surface area (Å²) in [5.74, 6) is -1.49. The van der Waals surface area contributed by atoms with E-state index in [4.69, 9.17) is 16.3 Å². The first-order chi connectivity index (χ1) is 19.2. The minimum atomic E-state index is -4.32. The minimum absolute atomic E-state index is 0.0971. The van der Waals surface area contributed by atoms with Gasteiger partial charge in [0.25, 0.3) is 10.0 Å². The number of nitrogens with zero attached hydrogens (tertiary/aromatic N) is 2. The number of anilines is 1. The lowest BCUT2D eigenvalue weighted by atomic mass is 10.1. The molecule has 0 fully saturated rings. The highest BCUT2D eigenvalue weighted by atomic mass is 35.5. The Morgan fingerprint density at radius 1 is 1.00 bits per heavy atom. The molecule has 0 bridgehead atoms. The van der Waals surface area contributed by atoms with Crippen LogP contribution < -0.4 is 14.4 Å². The first-order valence-corrected chi connectivity index (χ1v) is 14.9. The second-order valence-corrected chi connectivity index (χ2v) is 12.7. The maximum Gasteiger partial charge on any atom is 0.264 e. The molecule has 0 saturated heterocycles. The van der Waals surface area contributed by atoms with Gasteiger partial charge < -0.3 is 15.0 Å². The predicted octanol–water partition coefficient (Wildman–Crippen LogP) is 5.41. The summed E-state index contributed by atoms with van der Waals surface area (Å²) in [6.45, 7) is 7.98. The molecule has 0 radical (unpaired) electrons. The third-order valence-electron chi connectivity index (χ3n) is 6.08. The number of nitrogens with one attached hydrogen (secondary N) is 1. The summed E-state index contributed by atoms with van der Waals surface area (Å²) in [5.41, 5.74) is -0.285. The Morgan fingerprint density at radius 2 is 1.61 bits per heavy atom. The molecule has 1 N–H and O–H groups in total. The highest BCUT2D eigenvalue weighted by Gasteiger charge is 2.34. The zero-order valence-corrected chi connectivity index (χ0v) is 25.3. The summed E-state index contributed by atoms with van der Waals surface area (Å²) in [4.78, 5) is 28.2. The van der Waals surface area contributed by atoms with Crippen molar-refractivity contribution in [2.24, 2.45) is 0 Å². The van der Waals surface area contributed by atoms with Crippen LogP contribution in [0.3, 0.4) is 0 Å². The Hall–Kier alpha value is -3.63. The number of benzene rings is 3. The van der Waals surface area contributed by atoms with Gasteiger partial charge >= 0.3 is 0 Å². The van der Waals surface area contributed by atoms with Crippen molar-refractivity contribution in [3.8, 4) is 5.75 Å². The summed E-state index contributed by atoms with van der Waals surface area (Å²) in [6.07, 6.45) is 0. The van der Waals surface area contributed by atoms with Crippen LogP contribution in [0.4, 0.5) is 10.1 Å². The number of hydrogen-bond donors (Lipinski definition) is 1. The fraction of sp³-hybridized carbons (Fsp3) is 0.333. The molecule has 3 aromatic carbocycles. The van der Waals surface area contributed by atoms with Gasteiger partial charge in [0, 0.05) is 22.7 Å². The number of amides is 2. The monoisotopic (exact) mass is 603 g/mol. The Morgan fingerprint density at radius 3 is 2.22 bits per heavy atom. The zero-order valence-electron chi connectivity index (χ0n) is 23.7. The van der Waals surface area contributed by atoms with E-state index in [1.807, 2.05) is 0 Å². The van der Waals surface area contributed by atoms with Crippen LogP contribution in [0.15, 0.2) is 77.7 Å². The van der Waals surface area contributed by atoms with Gasteiger partial charge in [-0.3, -0.25) is 13.9 Å². The molecule has 41 heavy (non-hydrogen) atoms. The zero-order chi connectivity index (χ0) is 30.4. The van der Waals surface area contributed by atoms with Crippen molar-refractivity contribution in [2.45, 2.75) is 57.6 Å². The molecule has 0 spiro atoms. The Labute approximate surface area is 246 Å². The standard InChI is InChI=1S/C30H35ClFN3O5S/c1-6-40-27-14-10-9-13-26(27)35(41(38,39)24-17-15-23(31)16-18-24)20-28(36)34(19-22-11-7-8-12-25(22)32)21(2)29(37)33-30(3,4)5/h7-18,21H,6,19-20H2,1-5H3,(H,33,37)/t21-/m0/s1. The summed E-state index contributed by atoms with van der Waals surface area (Å²) < 4.78 is 49.3. The van der Waals surface area contributed by atoms with Crippen LogP contribution in [0.1, 0.15) is 40.2 Å². The van der Waals surface area contributed by atoms with Crippen LogP contribution in [0, 0.1) is 5.82 Å². The molecule has 0 aliphatic heterocycles. The largest absolute Gasteiger partial charge is 0.492 e. The van der Waals surface area contributed by atoms with Gasteiger partial charge in [0.1, 0.15) is 24.2 Å². The second-order valence-electron chi connectivity index (χ2n) is 10.4. The van der Waals surface area contributed by atoms with E-state index in [1.54, 1.807) is 52.0 Å². The Kier molecular flexibility index (Phi) is 10.4. The molecule has 0 aliphatic carbocycles. The smallest absolute Gasteiger partial charge is 0.264 e. The van der Waals surface area contributed by atoms with Crippen LogP contribution in [0.2, 0.25) is 5.02 Å². The van der Waals surface area contributed by atoms with Gasteiger partial charge in [-0.1, -0.05) is 41.9 Å². The minimum Gasteiger partial charge on any atom is -0.492 e. The predicted molar refractivity (Wildman–Crippen MR) is 158 cm³/mol. The van der Waals surface area contributed by atoms with Crippen molar-refractivity contribution >= 4 is 39.1 Å². The van der Waals surface area contributed by atoms with Crippen molar-refractivity contribution in [2.75, 3.05) is 17.5 Å². The van der Waals surface area contributed by atoms with Crippen molar-refractivity contribution in [3.63, 3.8) is 0 Å². The van der Waals surface area contributed by atoms with Gasteiger partial charge in [-0.2, -0.15) is 0 Å². The average molecular weight is 604 g/mol. The van der Waals surface area contributed by atoms with E-state index in [9.17, 15) is 22.4 Å². The molecule has 3 rings (SSSR count). The van der Waals surface area contributed by atoms with E-state index in [-0.39, 0.29) is 35.0 Å². The van der Waals surface area contributed by atoms with Crippen LogP contribution in [0.5, 0.6) is 5.75 Å². The maximum atomic E-state index is 14.7. The number of sulfonamides is 1. The van der Waals surface area contributed by atoms with Gasteiger partial charge in [0.2, 0.25) is 11.8 Å². The third kappa shape index (κ3) is 8.20. The molecular formula is C30H35ClFN3O5S. The first-order valence-electron chi connectivity index (χ1n) is 13.1. The fourth-order valence-corrected chi connectivity index (χ4v) is 5.61. The fourth-order valence-electron chi connectivity index (χ4n) is 4.05. The topological polar surface area (TPSA) is 96.0 Å². The van der Waals surface area contributed by atoms with Gasteiger partial charge in [0.15, 0.2) is 0 Å². The molecule has 3 aromatic rings. The quantitative estimate of drug-likeness (QED) is 0.316. The highest BCUT2D eigenvalue weighted by molar-refractivity contribution is 7.92. The van der Waals surface area contributed by atoms with Crippen molar-refractivity contribution < 1.29 is 27.1 Å². The molecular weight excluding hydrogens is 569 g/mol. The van der Waals surface area contributed by atoms with Gasteiger partial charge in [-0.15, -0.1) is 0 Å². The molecule has 1 atom stereocenters. The first kappa shape index (κ1) is 31.9. The van der Waals surface area contributed by atoms with Gasteiger partial charge in [0.05, 0.1) is 17.2 Å². The molecule has 11 heteroatoms. The molecule has 0 aliphatic rings. The van der Waals surface area contributed by atoms with Crippen molar-refractivity contribution in [1.82, 2.24) is 10.2 Å². The molecule has 0 aromatic heterocycles. The summed E-state index contributed by atoms with van der Waals surface area (Å²) >= 11 is 5.99. The molecule has 0 heterocycles. The van der Waals surface area contributed by atoms with Gasteiger partial charge in [-0.25, -0.2) is 12.8 Å². The maximum absolute atomic E-state index is 14.7. The van der Waals surface area contributed by atoms with Crippen LogP contribution in [0.25, 0.3) is 0 Å². The lowest BCUT2D eigenvalue weighted by Gasteiger charge is -2.33. The lowest BCUT2D eigenvalue weighted by Crippen LogP contribution is -2.54. The summed E-state index contributed by atoms with van der Waals surface area (Å²) in [7, 11) is -4.32. The van der Waals surface area contributed by atoms with E-state index in [2.05, 4.69) is 5.32 Å². The van der Waals surface area contributed by atoms with E-state index >= 15 is 0 Å². The van der Waals surface area contributed by atoms with Crippen LogP contribution in [-0.2, 0) is 26.2 Å². The average Bonchev–Trinajstić information content (AvgIpc) is 2.90. The van der Waals surface area contributed by atoms with E-state index in [0.717, 1.165) is 4.31 Å². The molecule has 0 unspecified atom stereocenters. The van der Waals surface area contributed by atoms with Gasteiger partial charge in [-0.05, 0) is 77.1 Å². The number of rotatable bonds is 11. The Balaban J connectivity index is 2.10. The molecule has 8 nitrogen and oxygen atoms in total. The number of halogens is 2. The second kappa shape index (κ2) is 13.4. The van der Waals surface area contributed by atoms with Crippen LogP contribution >= 0.6 is 11.6 Å². The lowest BCUT2D eigenvalue weighted by molar-refractivity contribution is -0.140. The van der Waals surface area contributed by atoms with E-state index in [1.165, 1.54) is 60.4 Å². The number of carbonyl (C=O) groups excluding carboxylic acids is 2. The molecule has 0 saturated carbocycles. The Bertz CT molecular complexity index is 1480. The normalized spacial score (nSPS) is 12.4. The summed E-state index contributed by atoms with van der Waals surface area (Å²) in [5, 5.41) is 3.18. The highest BCUT2D eigenvalue weighted by Crippen LogP contribution is 2.33.